The molecule has 4 aromatic heterocycles. The van der Waals surface area contributed by atoms with Crippen LogP contribution in [-0.4, -0.2) is 48.0 Å². The van der Waals surface area contributed by atoms with Gasteiger partial charge in [0.15, 0.2) is 0 Å². The number of piperidine rings is 1. The Bertz CT molecular complexity index is 1450. The van der Waals surface area contributed by atoms with Crippen LogP contribution >= 0.6 is 0 Å². The molecule has 1 fully saturated rings. The van der Waals surface area contributed by atoms with E-state index in [0.717, 1.165) is 54.5 Å². The van der Waals surface area contributed by atoms with Crippen molar-refractivity contribution in [2.24, 2.45) is 5.73 Å². The molecule has 1 aliphatic heterocycles. The summed E-state index contributed by atoms with van der Waals surface area (Å²) in [7, 11) is 0. The SMILES string of the molecule is Cc1c(-c2cc3ccccc3n2Cc2cnccn2)nc2cc(CN3CCCC(N)C3)ccn12. The van der Waals surface area contributed by atoms with Gasteiger partial charge in [0.2, 0.25) is 0 Å². The van der Waals surface area contributed by atoms with E-state index < -0.39 is 0 Å². The summed E-state index contributed by atoms with van der Waals surface area (Å²) in [4.78, 5) is 16.3. The lowest BCUT2D eigenvalue weighted by Gasteiger charge is -2.30. The average molecular weight is 452 g/mol. The summed E-state index contributed by atoms with van der Waals surface area (Å²) in [6, 6.07) is 15.4. The molecule has 7 heteroatoms. The highest BCUT2D eigenvalue weighted by Crippen LogP contribution is 2.31. The van der Waals surface area contributed by atoms with E-state index >= 15 is 0 Å². The van der Waals surface area contributed by atoms with Gasteiger partial charge in [0.05, 0.1) is 24.1 Å². The van der Waals surface area contributed by atoms with Crippen molar-refractivity contribution < 1.29 is 0 Å². The largest absolute Gasteiger partial charge is 0.333 e. The summed E-state index contributed by atoms with van der Waals surface area (Å²) >= 11 is 0. The minimum absolute atomic E-state index is 0.286. The molecule has 0 amide bonds. The van der Waals surface area contributed by atoms with E-state index in [-0.39, 0.29) is 6.04 Å². The molecular formula is C27H29N7. The first-order valence-corrected chi connectivity index (χ1v) is 11.9. The predicted octanol–water partition coefficient (Wildman–Crippen LogP) is 4.03. The van der Waals surface area contributed by atoms with E-state index in [1.54, 1.807) is 12.4 Å². The molecule has 1 atom stereocenters. The number of hydrogen-bond acceptors (Lipinski definition) is 5. The Labute approximate surface area is 198 Å². The second-order valence-corrected chi connectivity index (χ2v) is 9.32. The number of hydrogen-bond donors (Lipinski definition) is 1. The molecule has 0 aliphatic carbocycles. The Balaban J connectivity index is 1.40. The number of likely N-dealkylation sites (tertiary alicyclic amines) is 1. The van der Waals surface area contributed by atoms with E-state index in [0.29, 0.717) is 6.54 Å². The molecular weight excluding hydrogens is 422 g/mol. The summed E-state index contributed by atoms with van der Waals surface area (Å²) < 4.78 is 4.48. The Morgan fingerprint density at radius 2 is 2.00 bits per heavy atom. The van der Waals surface area contributed by atoms with E-state index in [1.807, 2.05) is 6.20 Å². The lowest BCUT2D eigenvalue weighted by molar-refractivity contribution is 0.201. The van der Waals surface area contributed by atoms with Crippen molar-refractivity contribution >= 4 is 16.6 Å². The van der Waals surface area contributed by atoms with E-state index in [2.05, 4.69) is 79.4 Å². The lowest BCUT2D eigenvalue weighted by Crippen LogP contribution is -2.42. The van der Waals surface area contributed by atoms with Crippen molar-refractivity contribution in [1.82, 2.24) is 28.8 Å². The van der Waals surface area contributed by atoms with Gasteiger partial charge in [-0.2, -0.15) is 0 Å². The van der Waals surface area contributed by atoms with Crippen LogP contribution in [-0.2, 0) is 13.1 Å². The monoisotopic (exact) mass is 451 g/mol. The van der Waals surface area contributed by atoms with Crippen LogP contribution in [0.5, 0.6) is 0 Å². The zero-order chi connectivity index (χ0) is 23.1. The lowest BCUT2D eigenvalue weighted by atomic mass is 10.1. The molecule has 172 valence electrons. The van der Waals surface area contributed by atoms with Gasteiger partial charge in [0.1, 0.15) is 11.3 Å². The third kappa shape index (κ3) is 3.87. The van der Waals surface area contributed by atoms with Gasteiger partial charge in [-0.1, -0.05) is 18.2 Å². The minimum Gasteiger partial charge on any atom is -0.333 e. The summed E-state index contributed by atoms with van der Waals surface area (Å²) in [6.07, 6.45) is 9.73. The molecule has 1 saturated heterocycles. The fourth-order valence-corrected chi connectivity index (χ4v) is 5.19. The number of para-hydroxylation sites is 1. The van der Waals surface area contributed by atoms with Crippen molar-refractivity contribution in [3.8, 4) is 11.4 Å². The molecule has 0 bridgehead atoms. The predicted molar refractivity (Wildman–Crippen MR) is 134 cm³/mol. The summed E-state index contributed by atoms with van der Waals surface area (Å²) in [5.41, 5.74) is 13.8. The highest BCUT2D eigenvalue weighted by molar-refractivity contribution is 5.87. The number of pyridine rings is 1. The fourth-order valence-electron chi connectivity index (χ4n) is 5.19. The average Bonchev–Trinajstić information content (AvgIpc) is 3.37. The second kappa shape index (κ2) is 8.66. The van der Waals surface area contributed by atoms with Gasteiger partial charge in [0, 0.05) is 54.3 Å². The number of nitrogens with two attached hydrogens (primary N) is 1. The summed E-state index contributed by atoms with van der Waals surface area (Å²) in [5.74, 6) is 0. The normalized spacial score (nSPS) is 17.1. The Kier molecular flexibility index (Phi) is 5.36. The number of aromatic nitrogens is 5. The Hall–Kier alpha value is -3.55. The molecule has 5 aromatic rings. The van der Waals surface area contributed by atoms with Crippen molar-refractivity contribution in [2.45, 2.75) is 38.9 Å². The smallest absolute Gasteiger partial charge is 0.138 e. The third-order valence-electron chi connectivity index (χ3n) is 6.87. The summed E-state index contributed by atoms with van der Waals surface area (Å²) in [6.45, 7) is 5.78. The van der Waals surface area contributed by atoms with E-state index in [1.165, 1.54) is 22.9 Å². The highest BCUT2D eigenvalue weighted by atomic mass is 15.1. The topological polar surface area (TPSA) is 77.3 Å². The first-order chi connectivity index (χ1) is 16.7. The van der Waals surface area contributed by atoms with Crippen LogP contribution in [0.4, 0.5) is 0 Å². The van der Waals surface area contributed by atoms with E-state index in [9.17, 15) is 0 Å². The van der Waals surface area contributed by atoms with Crippen LogP contribution in [0.25, 0.3) is 27.9 Å². The van der Waals surface area contributed by atoms with Crippen LogP contribution in [0.1, 0.15) is 29.8 Å². The first kappa shape index (κ1) is 21.0. The van der Waals surface area contributed by atoms with Gasteiger partial charge in [-0.3, -0.25) is 14.9 Å². The van der Waals surface area contributed by atoms with Crippen molar-refractivity contribution in [2.75, 3.05) is 13.1 Å². The Morgan fingerprint density at radius 3 is 2.85 bits per heavy atom. The maximum atomic E-state index is 6.19. The number of fused-ring (bicyclic) bond motifs is 2. The fraction of sp³-hybridized carbons (Fsp3) is 0.296. The summed E-state index contributed by atoms with van der Waals surface area (Å²) in [5, 5.41) is 1.19. The van der Waals surface area contributed by atoms with Crippen LogP contribution < -0.4 is 5.73 Å². The molecule has 0 radical (unpaired) electrons. The Morgan fingerprint density at radius 1 is 1.09 bits per heavy atom. The van der Waals surface area contributed by atoms with Gasteiger partial charge in [-0.15, -0.1) is 0 Å². The number of imidazole rings is 1. The van der Waals surface area contributed by atoms with Gasteiger partial charge in [-0.05, 0) is 56.1 Å². The molecule has 0 spiro atoms. The van der Waals surface area contributed by atoms with Crippen LogP contribution in [0.15, 0.2) is 67.3 Å². The maximum absolute atomic E-state index is 6.19. The van der Waals surface area contributed by atoms with Crippen LogP contribution in [0.2, 0.25) is 0 Å². The molecule has 0 saturated carbocycles. The first-order valence-electron chi connectivity index (χ1n) is 11.9. The van der Waals surface area contributed by atoms with Gasteiger partial charge < -0.3 is 14.7 Å². The third-order valence-corrected chi connectivity index (χ3v) is 6.87. The quantitative estimate of drug-likeness (QED) is 0.437. The highest BCUT2D eigenvalue weighted by Gasteiger charge is 2.19. The molecule has 34 heavy (non-hydrogen) atoms. The number of nitrogens with zero attached hydrogens (tertiary/aromatic N) is 6. The van der Waals surface area contributed by atoms with Crippen LogP contribution in [0, 0.1) is 6.92 Å². The zero-order valence-electron chi connectivity index (χ0n) is 19.4. The zero-order valence-corrected chi connectivity index (χ0v) is 19.4. The molecule has 1 aromatic carbocycles. The minimum atomic E-state index is 0.286. The van der Waals surface area contributed by atoms with E-state index in [4.69, 9.17) is 10.7 Å². The van der Waals surface area contributed by atoms with Gasteiger partial charge >= 0.3 is 0 Å². The molecule has 2 N–H and O–H groups in total. The standard InChI is InChI=1S/C27H29N7/c1-19-27(31-26-13-20(8-12-33(19)26)16-32-11-4-6-22(28)17-32)25-14-21-5-2-3-7-24(21)34(25)18-23-15-29-9-10-30-23/h2-3,5,7-10,12-15,22H,4,6,11,16-18,28H2,1H3. The molecule has 1 aliphatic rings. The molecule has 7 nitrogen and oxygen atoms in total. The van der Waals surface area contributed by atoms with Crippen molar-refractivity contribution in [1.29, 1.82) is 0 Å². The van der Waals surface area contributed by atoms with Gasteiger partial charge in [-0.25, -0.2) is 4.98 Å². The maximum Gasteiger partial charge on any atom is 0.138 e. The van der Waals surface area contributed by atoms with Gasteiger partial charge in [0.25, 0.3) is 0 Å². The molecule has 1 unspecified atom stereocenters. The van der Waals surface area contributed by atoms with Crippen LogP contribution in [0.3, 0.4) is 0 Å². The molecule has 5 heterocycles. The number of benzene rings is 1. The molecule has 6 rings (SSSR count). The number of rotatable bonds is 5. The number of aryl methyl sites for hydroxylation is 1. The van der Waals surface area contributed by atoms with Crippen molar-refractivity contribution in [3.05, 3.63) is 84.2 Å². The van der Waals surface area contributed by atoms with Crippen molar-refractivity contribution in [3.63, 3.8) is 0 Å². The second-order valence-electron chi connectivity index (χ2n) is 9.32.